The lowest BCUT2D eigenvalue weighted by Crippen LogP contribution is -2.43. The number of aromatic hydroxyl groups is 1. The topological polar surface area (TPSA) is 40.5 Å². The number of benzene rings is 1. The van der Waals surface area contributed by atoms with Crippen LogP contribution in [0.5, 0.6) is 5.75 Å². The van der Waals surface area contributed by atoms with Gasteiger partial charge in [-0.2, -0.15) is 0 Å². The van der Waals surface area contributed by atoms with Crippen LogP contribution in [-0.4, -0.2) is 28.5 Å². The quantitative estimate of drug-likeness (QED) is 0.878. The molecule has 2 rings (SSSR count). The van der Waals surface area contributed by atoms with Gasteiger partial charge >= 0.3 is 0 Å². The largest absolute Gasteiger partial charge is 0.507 e. The van der Waals surface area contributed by atoms with Crippen LogP contribution in [0.15, 0.2) is 18.2 Å². The summed E-state index contributed by atoms with van der Waals surface area (Å²) < 4.78 is 12.9. The van der Waals surface area contributed by atoms with E-state index in [-0.39, 0.29) is 23.3 Å². The summed E-state index contributed by atoms with van der Waals surface area (Å²) in [7, 11) is 0. The van der Waals surface area contributed by atoms with Crippen LogP contribution in [0.4, 0.5) is 4.39 Å². The molecule has 0 bridgehead atoms. The number of carbonyl (C=O) groups excluding carboxylic acids is 1. The maximum absolute atomic E-state index is 12.9. The van der Waals surface area contributed by atoms with Crippen LogP contribution >= 0.6 is 0 Å². The van der Waals surface area contributed by atoms with Gasteiger partial charge in [0.05, 0.1) is 5.56 Å². The van der Waals surface area contributed by atoms with Crippen molar-refractivity contribution in [2.24, 2.45) is 0 Å². The number of rotatable bonds is 2. The maximum atomic E-state index is 12.9. The molecular formula is C14H18FNO2. The van der Waals surface area contributed by atoms with Crippen LogP contribution in [0.25, 0.3) is 0 Å². The fourth-order valence-corrected chi connectivity index (χ4v) is 2.53. The summed E-state index contributed by atoms with van der Waals surface area (Å²) in [6.07, 6.45) is 4.04. The van der Waals surface area contributed by atoms with Crippen molar-refractivity contribution < 1.29 is 14.3 Å². The molecule has 3 nitrogen and oxygen atoms in total. The zero-order valence-corrected chi connectivity index (χ0v) is 10.5. The van der Waals surface area contributed by atoms with Gasteiger partial charge in [-0.05, 0) is 37.8 Å². The molecule has 1 saturated heterocycles. The van der Waals surface area contributed by atoms with Gasteiger partial charge in [0.1, 0.15) is 11.6 Å². The summed E-state index contributed by atoms with van der Waals surface area (Å²) in [5.41, 5.74) is 0.191. The summed E-state index contributed by atoms with van der Waals surface area (Å²) in [4.78, 5) is 14.1. The number of amides is 1. The average molecular weight is 251 g/mol. The Morgan fingerprint density at radius 1 is 1.50 bits per heavy atom. The molecule has 1 aliphatic rings. The molecule has 4 heteroatoms. The van der Waals surface area contributed by atoms with E-state index in [2.05, 4.69) is 6.92 Å². The van der Waals surface area contributed by atoms with Crippen LogP contribution in [0.3, 0.4) is 0 Å². The minimum absolute atomic E-state index is 0.191. The van der Waals surface area contributed by atoms with Crippen molar-refractivity contribution in [3.8, 4) is 5.75 Å². The van der Waals surface area contributed by atoms with Crippen LogP contribution in [0, 0.1) is 5.82 Å². The smallest absolute Gasteiger partial charge is 0.257 e. The molecule has 1 unspecified atom stereocenters. The average Bonchev–Trinajstić information content (AvgIpc) is 2.38. The van der Waals surface area contributed by atoms with E-state index < -0.39 is 5.82 Å². The molecule has 1 aliphatic heterocycles. The van der Waals surface area contributed by atoms with Gasteiger partial charge in [0.25, 0.3) is 5.91 Å². The Bertz CT molecular complexity index is 447. The van der Waals surface area contributed by atoms with Crippen molar-refractivity contribution in [3.63, 3.8) is 0 Å². The Morgan fingerprint density at radius 3 is 2.94 bits per heavy atom. The second-order valence-electron chi connectivity index (χ2n) is 4.72. The highest BCUT2D eigenvalue weighted by Crippen LogP contribution is 2.25. The van der Waals surface area contributed by atoms with Gasteiger partial charge in [0.2, 0.25) is 0 Å². The van der Waals surface area contributed by atoms with E-state index in [9.17, 15) is 14.3 Å². The Morgan fingerprint density at radius 2 is 2.28 bits per heavy atom. The molecule has 1 atom stereocenters. The molecule has 1 aromatic rings. The first-order chi connectivity index (χ1) is 8.63. The first-order valence-electron chi connectivity index (χ1n) is 6.43. The molecule has 98 valence electrons. The van der Waals surface area contributed by atoms with Gasteiger partial charge in [0.15, 0.2) is 0 Å². The minimum atomic E-state index is -0.533. The maximum Gasteiger partial charge on any atom is 0.257 e. The molecular weight excluding hydrogens is 233 g/mol. The van der Waals surface area contributed by atoms with Crippen LogP contribution in [-0.2, 0) is 0 Å². The van der Waals surface area contributed by atoms with E-state index in [4.69, 9.17) is 0 Å². The van der Waals surface area contributed by atoms with E-state index in [1.165, 1.54) is 12.1 Å². The lowest BCUT2D eigenvalue weighted by atomic mass is 9.98. The van der Waals surface area contributed by atoms with E-state index in [1.807, 2.05) is 0 Å². The number of likely N-dealkylation sites (tertiary alicyclic amines) is 1. The predicted molar refractivity (Wildman–Crippen MR) is 67.0 cm³/mol. The van der Waals surface area contributed by atoms with Crippen molar-refractivity contribution in [3.05, 3.63) is 29.6 Å². The molecule has 1 aromatic carbocycles. The molecule has 0 saturated carbocycles. The third kappa shape index (κ3) is 2.47. The van der Waals surface area contributed by atoms with Gasteiger partial charge in [-0.15, -0.1) is 0 Å². The highest BCUT2D eigenvalue weighted by molar-refractivity contribution is 5.97. The Hall–Kier alpha value is -1.58. The SMILES string of the molecule is CCC1CCCCN1C(=O)c1ccc(F)cc1O. The van der Waals surface area contributed by atoms with Gasteiger partial charge < -0.3 is 10.0 Å². The summed E-state index contributed by atoms with van der Waals surface area (Å²) in [5, 5.41) is 9.66. The first-order valence-corrected chi connectivity index (χ1v) is 6.43. The summed E-state index contributed by atoms with van der Waals surface area (Å²) in [6.45, 7) is 2.77. The predicted octanol–water partition coefficient (Wildman–Crippen LogP) is 2.94. The molecule has 0 radical (unpaired) electrons. The molecule has 18 heavy (non-hydrogen) atoms. The van der Waals surface area contributed by atoms with Crippen molar-refractivity contribution in [2.75, 3.05) is 6.54 Å². The van der Waals surface area contributed by atoms with Crippen LogP contribution < -0.4 is 0 Å². The van der Waals surface area contributed by atoms with Gasteiger partial charge in [0, 0.05) is 18.7 Å². The number of phenols is 1. The number of phenolic OH excluding ortho intramolecular Hbond substituents is 1. The fourth-order valence-electron chi connectivity index (χ4n) is 2.53. The van der Waals surface area contributed by atoms with Crippen molar-refractivity contribution >= 4 is 5.91 Å². The molecule has 1 heterocycles. The Kier molecular flexibility index (Phi) is 3.84. The molecule has 0 aliphatic carbocycles. The Labute approximate surface area is 106 Å². The van der Waals surface area contributed by atoms with Crippen LogP contribution in [0.2, 0.25) is 0 Å². The number of hydrogen-bond acceptors (Lipinski definition) is 2. The first kappa shape index (κ1) is 12.9. The normalized spacial score (nSPS) is 19.9. The molecule has 1 fully saturated rings. The summed E-state index contributed by atoms with van der Waals surface area (Å²) in [5.74, 6) is -1.01. The summed E-state index contributed by atoms with van der Waals surface area (Å²) in [6, 6.07) is 3.78. The lowest BCUT2D eigenvalue weighted by Gasteiger charge is -2.35. The molecule has 0 aromatic heterocycles. The van der Waals surface area contributed by atoms with Crippen molar-refractivity contribution in [1.29, 1.82) is 0 Å². The standard InChI is InChI=1S/C14H18FNO2/c1-2-11-5-3-4-8-16(11)14(18)12-7-6-10(15)9-13(12)17/h6-7,9,11,17H,2-5,8H2,1H3. The van der Waals surface area contributed by atoms with Crippen molar-refractivity contribution in [2.45, 2.75) is 38.6 Å². The zero-order chi connectivity index (χ0) is 13.1. The highest BCUT2D eigenvalue weighted by atomic mass is 19.1. The monoisotopic (exact) mass is 251 g/mol. The second-order valence-corrected chi connectivity index (χ2v) is 4.72. The fraction of sp³-hybridized carbons (Fsp3) is 0.500. The van der Waals surface area contributed by atoms with Crippen molar-refractivity contribution in [1.82, 2.24) is 4.90 Å². The number of piperidine rings is 1. The number of hydrogen-bond donors (Lipinski definition) is 1. The minimum Gasteiger partial charge on any atom is -0.507 e. The van der Waals surface area contributed by atoms with Gasteiger partial charge in [-0.1, -0.05) is 6.92 Å². The van der Waals surface area contributed by atoms with E-state index in [1.54, 1.807) is 4.90 Å². The van der Waals surface area contributed by atoms with Crippen LogP contribution in [0.1, 0.15) is 43.0 Å². The number of carbonyl (C=O) groups is 1. The lowest BCUT2D eigenvalue weighted by molar-refractivity contribution is 0.0605. The number of halogens is 1. The number of nitrogens with zero attached hydrogens (tertiary/aromatic N) is 1. The third-order valence-corrected chi connectivity index (χ3v) is 3.55. The van der Waals surface area contributed by atoms with Gasteiger partial charge in [-0.3, -0.25) is 4.79 Å². The molecule has 0 spiro atoms. The highest BCUT2D eigenvalue weighted by Gasteiger charge is 2.27. The second kappa shape index (κ2) is 5.38. The van der Waals surface area contributed by atoms with E-state index in [0.717, 1.165) is 31.7 Å². The van der Waals surface area contributed by atoms with Gasteiger partial charge in [-0.25, -0.2) is 4.39 Å². The Balaban J connectivity index is 2.24. The van der Waals surface area contributed by atoms with E-state index >= 15 is 0 Å². The summed E-state index contributed by atoms with van der Waals surface area (Å²) >= 11 is 0. The van der Waals surface area contributed by atoms with E-state index in [0.29, 0.717) is 6.54 Å². The zero-order valence-electron chi connectivity index (χ0n) is 10.5. The third-order valence-electron chi connectivity index (χ3n) is 3.55. The molecule has 1 amide bonds. The molecule has 1 N–H and O–H groups in total.